The summed E-state index contributed by atoms with van der Waals surface area (Å²) in [4.78, 5) is 33.5. The van der Waals surface area contributed by atoms with Gasteiger partial charge in [-0.1, -0.05) is 30.0 Å². The van der Waals surface area contributed by atoms with Gasteiger partial charge in [-0.2, -0.15) is 0 Å². The van der Waals surface area contributed by atoms with Crippen molar-refractivity contribution in [3.05, 3.63) is 87.2 Å². The van der Waals surface area contributed by atoms with Gasteiger partial charge in [0.15, 0.2) is 0 Å². The van der Waals surface area contributed by atoms with E-state index in [-0.39, 0.29) is 11.8 Å². The molecule has 3 heterocycles. The number of rotatable bonds is 6. The number of nitrogens with one attached hydrogen (secondary N) is 1. The van der Waals surface area contributed by atoms with Crippen LogP contribution in [-0.2, 0) is 16.1 Å². The van der Waals surface area contributed by atoms with Crippen molar-refractivity contribution in [2.75, 3.05) is 11.9 Å². The van der Waals surface area contributed by atoms with Crippen LogP contribution in [0.5, 0.6) is 0 Å². The average molecular weight is 448 g/mol. The van der Waals surface area contributed by atoms with Crippen LogP contribution < -0.4 is 5.32 Å². The van der Waals surface area contributed by atoms with Crippen LogP contribution in [0.2, 0.25) is 0 Å². The first kappa shape index (κ1) is 21.1. The number of anilines is 1. The smallest absolute Gasteiger partial charge is 0.262 e. The Hall–Kier alpha value is -3.16. The van der Waals surface area contributed by atoms with Gasteiger partial charge in [-0.15, -0.1) is 11.3 Å². The van der Waals surface area contributed by atoms with E-state index in [4.69, 9.17) is 0 Å². The summed E-state index contributed by atoms with van der Waals surface area (Å²) in [5, 5.41) is 4.90. The Morgan fingerprint density at radius 1 is 1.23 bits per heavy atom. The molecule has 1 aliphatic heterocycles. The van der Waals surface area contributed by atoms with Crippen molar-refractivity contribution in [1.29, 1.82) is 0 Å². The van der Waals surface area contributed by atoms with Crippen LogP contribution in [0.15, 0.2) is 76.1 Å². The predicted octanol–water partition coefficient (Wildman–Crippen LogP) is 5.29. The van der Waals surface area contributed by atoms with E-state index < -0.39 is 0 Å². The Morgan fingerprint density at radius 2 is 2.10 bits per heavy atom. The molecule has 5 nitrogen and oxygen atoms in total. The van der Waals surface area contributed by atoms with Gasteiger partial charge in [0.1, 0.15) is 0 Å². The number of aromatic nitrogens is 1. The number of thiophene rings is 1. The molecule has 1 aromatic carbocycles. The third kappa shape index (κ3) is 5.31. The summed E-state index contributed by atoms with van der Waals surface area (Å²) in [6.07, 6.45) is 8.79. The summed E-state index contributed by atoms with van der Waals surface area (Å²) in [7, 11) is 0. The fourth-order valence-electron chi connectivity index (χ4n) is 3.09. The lowest BCUT2D eigenvalue weighted by atomic mass is 10.2. The summed E-state index contributed by atoms with van der Waals surface area (Å²) in [5.74, 6) is -0.144. The van der Waals surface area contributed by atoms with Gasteiger partial charge in [0.25, 0.3) is 5.91 Å². The Bertz CT molecular complexity index is 1150. The topological polar surface area (TPSA) is 62.3 Å². The summed E-state index contributed by atoms with van der Waals surface area (Å²) >= 11 is 3.01. The SMILES string of the molecule is CCN(Cc1cccnc1)C(=O)/C=C/c1csc(/C=C2\Sc3ccccc3NC2=O)c1. The number of hydrogen-bond acceptors (Lipinski definition) is 5. The molecule has 4 rings (SSSR count). The number of pyridine rings is 1. The maximum Gasteiger partial charge on any atom is 0.262 e. The van der Waals surface area contributed by atoms with Crippen molar-refractivity contribution in [1.82, 2.24) is 9.88 Å². The molecule has 31 heavy (non-hydrogen) atoms. The average Bonchev–Trinajstić information content (AvgIpc) is 3.24. The molecule has 7 heteroatoms. The van der Waals surface area contributed by atoms with Gasteiger partial charge in [0, 0.05) is 41.3 Å². The highest BCUT2D eigenvalue weighted by Crippen LogP contribution is 2.39. The van der Waals surface area contributed by atoms with Gasteiger partial charge < -0.3 is 10.2 Å². The van der Waals surface area contributed by atoms with E-state index in [0.29, 0.717) is 18.0 Å². The largest absolute Gasteiger partial charge is 0.335 e. The molecule has 0 spiro atoms. The minimum absolute atomic E-state index is 0.0451. The van der Waals surface area contributed by atoms with Crippen LogP contribution in [0, 0.1) is 0 Å². The quantitative estimate of drug-likeness (QED) is 0.522. The monoisotopic (exact) mass is 447 g/mol. The Morgan fingerprint density at radius 3 is 2.90 bits per heavy atom. The Balaban J connectivity index is 1.43. The van der Waals surface area contributed by atoms with Crippen LogP contribution in [-0.4, -0.2) is 28.2 Å². The minimum Gasteiger partial charge on any atom is -0.335 e. The number of para-hydroxylation sites is 1. The number of carbonyl (C=O) groups is 2. The Labute approximate surface area is 189 Å². The highest BCUT2D eigenvalue weighted by molar-refractivity contribution is 8.04. The summed E-state index contributed by atoms with van der Waals surface area (Å²) in [5.41, 5.74) is 2.78. The van der Waals surface area contributed by atoms with Crippen LogP contribution in [0.25, 0.3) is 12.2 Å². The Kier molecular flexibility index (Phi) is 6.64. The third-order valence-electron chi connectivity index (χ3n) is 4.70. The highest BCUT2D eigenvalue weighted by atomic mass is 32.2. The van der Waals surface area contributed by atoms with Crippen molar-refractivity contribution in [2.45, 2.75) is 18.4 Å². The molecular formula is C24H21N3O2S2. The number of amides is 2. The van der Waals surface area contributed by atoms with Gasteiger partial charge in [0.2, 0.25) is 5.91 Å². The number of hydrogen-bond donors (Lipinski definition) is 1. The normalized spacial score (nSPS) is 14.5. The van der Waals surface area contributed by atoms with E-state index in [1.807, 2.05) is 66.9 Å². The third-order valence-corrected chi connectivity index (χ3v) is 6.70. The second-order valence-corrected chi connectivity index (χ2v) is 8.92. The maximum absolute atomic E-state index is 12.6. The fraction of sp³-hybridized carbons (Fsp3) is 0.125. The zero-order chi connectivity index (χ0) is 21.6. The molecule has 0 radical (unpaired) electrons. The van der Waals surface area contributed by atoms with Gasteiger partial charge in [-0.05, 0) is 59.8 Å². The molecule has 0 bridgehead atoms. The number of nitrogens with zero attached hydrogens (tertiary/aromatic N) is 2. The summed E-state index contributed by atoms with van der Waals surface area (Å²) < 4.78 is 0. The molecule has 1 aliphatic rings. The molecule has 0 saturated heterocycles. The molecule has 0 fully saturated rings. The molecule has 156 valence electrons. The number of carbonyl (C=O) groups excluding carboxylic acids is 2. The first-order chi connectivity index (χ1) is 15.1. The van der Waals surface area contributed by atoms with Crippen LogP contribution in [0.3, 0.4) is 0 Å². The number of thioether (sulfide) groups is 1. The van der Waals surface area contributed by atoms with Crippen LogP contribution in [0.4, 0.5) is 5.69 Å². The van der Waals surface area contributed by atoms with E-state index >= 15 is 0 Å². The molecular weight excluding hydrogens is 426 g/mol. The molecule has 2 amide bonds. The van der Waals surface area contributed by atoms with E-state index in [9.17, 15) is 9.59 Å². The first-order valence-electron chi connectivity index (χ1n) is 9.86. The number of benzene rings is 1. The van der Waals surface area contributed by atoms with Gasteiger partial charge in [0.05, 0.1) is 10.6 Å². The standard InChI is InChI=1S/C24H21N3O2S2/c1-2-27(15-18-6-5-11-25-14-18)23(28)10-9-17-12-19(30-16-17)13-22-24(29)26-20-7-3-4-8-21(20)31-22/h3-14,16H,2,15H2,1H3,(H,26,29)/b10-9+,22-13-. The van der Waals surface area contributed by atoms with E-state index in [0.717, 1.165) is 26.6 Å². The molecule has 3 aromatic rings. The molecule has 2 aromatic heterocycles. The lowest BCUT2D eigenvalue weighted by Crippen LogP contribution is -2.28. The summed E-state index contributed by atoms with van der Waals surface area (Å²) in [6.45, 7) is 3.11. The zero-order valence-electron chi connectivity index (χ0n) is 16.9. The van der Waals surface area contributed by atoms with E-state index in [1.54, 1.807) is 34.7 Å². The van der Waals surface area contributed by atoms with Crippen molar-refractivity contribution in [3.63, 3.8) is 0 Å². The maximum atomic E-state index is 12.6. The number of likely N-dealkylation sites (N-methyl/N-ethyl adjacent to an activating group) is 1. The second-order valence-electron chi connectivity index (χ2n) is 6.89. The molecule has 0 saturated carbocycles. The molecule has 0 unspecified atom stereocenters. The van der Waals surface area contributed by atoms with E-state index in [2.05, 4.69) is 10.3 Å². The van der Waals surface area contributed by atoms with Crippen molar-refractivity contribution < 1.29 is 9.59 Å². The van der Waals surface area contributed by atoms with Crippen LogP contribution in [0.1, 0.15) is 22.9 Å². The van der Waals surface area contributed by atoms with Gasteiger partial charge in [-0.25, -0.2) is 0 Å². The second kappa shape index (κ2) is 9.76. The molecule has 0 atom stereocenters. The molecule has 1 N–H and O–H groups in total. The lowest BCUT2D eigenvalue weighted by Gasteiger charge is -2.18. The van der Waals surface area contributed by atoms with Gasteiger partial charge >= 0.3 is 0 Å². The molecule has 0 aliphatic carbocycles. The summed E-state index contributed by atoms with van der Waals surface area (Å²) in [6, 6.07) is 13.6. The van der Waals surface area contributed by atoms with Crippen LogP contribution >= 0.6 is 23.1 Å². The van der Waals surface area contributed by atoms with Crippen molar-refractivity contribution in [3.8, 4) is 0 Å². The zero-order valence-corrected chi connectivity index (χ0v) is 18.6. The highest BCUT2D eigenvalue weighted by Gasteiger charge is 2.20. The van der Waals surface area contributed by atoms with Crippen molar-refractivity contribution in [2.24, 2.45) is 0 Å². The van der Waals surface area contributed by atoms with Crippen molar-refractivity contribution >= 4 is 52.8 Å². The lowest BCUT2D eigenvalue weighted by molar-refractivity contribution is -0.126. The van der Waals surface area contributed by atoms with Gasteiger partial charge in [-0.3, -0.25) is 14.6 Å². The fourth-order valence-corrected chi connectivity index (χ4v) is 4.92. The van der Waals surface area contributed by atoms with E-state index in [1.165, 1.54) is 11.8 Å². The minimum atomic E-state index is -0.0987. The first-order valence-corrected chi connectivity index (χ1v) is 11.6. The predicted molar refractivity (Wildman–Crippen MR) is 128 cm³/mol. The number of fused-ring (bicyclic) bond motifs is 1.